The minimum atomic E-state index is -4.84. The van der Waals surface area contributed by atoms with Gasteiger partial charge in [-0.25, -0.2) is 23.1 Å². The highest BCUT2D eigenvalue weighted by atomic mass is 32.2. The summed E-state index contributed by atoms with van der Waals surface area (Å²) >= 11 is 0. The van der Waals surface area contributed by atoms with Crippen LogP contribution in [0.5, 0.6) is 5.75 Å². The number of nitrogens with zero attached hydrogens (tertiary/aromatic N) is 3. The number of aromatic nitrogens is 2. The molecule has 0 radical (unpaired) electrons. The lowest BCUT2D eigenvalue weighted by Crippen LogP contribution is -2.25. The summed E-state index contributed by atoms with van der Waals surface area (Å²) in [6.45, 7) is -0.162. The van der Waals surface area contributed by atoms with Crippen LogP contribution >= 0.6 is 0 Å². The van der Waals surface area contributed by atoms with Gasteiger partial charge < -0.3 is 9.64 Å². The Hall–Kier alpha value is -2.40. The van der Waals surface area contributed by atoms with Crippen molar-refractivity contribution >= 4 is 15.8 Å². The SMILES string of the molecule is CN(C)c1ccnc(CNS(=O)(=O)c2ccc(OC(F)(F)F)cc2)n1. The first-order valence-electron chi connectivity index (χ1n) is 6.91. The normalized spacial score (nSPS) is 12.0. The van der Waals surface area contributed by atoms with Gasteiger partial charge in [0, 0.05) is 20.3 Å². The van der Waals surface area contributed by atoms with E-state index in [1.165, 1.54) is 6.20 Å². The van der Waals surface area contributed by atoms with Gasteiger partial charge in [0.25, 0.3) is 0 Å². The van der Waals surface area contributed by atoms with Crippen molar-refractivity contribution in [1.82, 2.24) is 14.7 Å². The Morgan fingerprint density at radius 3 is 2.36 bits per heavy atom. The molecular formula is C14H15F3N4O3S. The van der Waals surface area contributed by atoms with Crippen molar-refractivity contribution in [3.8, 4) is 5.75 Å². The molecule has 0 spiro atoms. The zero-order valence-corrected chi connectivity index (χ0v) is 14.1. The second kappa shape index (κ2) is 7.23. The first-order chi connectivity index (χ1) is 11.6. The summed E-state index contributed by atoms with van der Waals surface area (Å²) in [4.78, 5) is 9.66. The molecule has 2 rings (SSSR count). The summed E-state index contributed by atoms with van der Waals surface area (Å²) in [5, 5.41) is 0. The van der Waals surface area contributed by atoms with Gasteiger partial charge in [0.15, 0.2) is 0 Å². The number of ether oxygens (including phenoxy) is 1. The summed E-state index contributed by atoms with van der Waals surface area (Å²) in [5.74, 6) is 0.359. The predicted octanol–water partition coefficient (Wildman–Crippen LogP) is 1.92. The molecule has 0 atom stereocenters. The summed E-state index contributed by atoms with van der Waals surface area (Å²) in [6.07, 6.45) is -3.34. The largest absolute Gasteiger partial charge is 0.573 e. The number of hydrogen-bond donors (Lipinski definition) is 1. The zero-order valence-electron chi connectivity index (χ0n) is 13.3. The number of anilines is 1. The van der Waals surface area contributed by atoms with E-state index in [2.05, 4.69) is 19.4 Å². The molecule has 0 saturated heterocycles. The second-order valence-corrected chi connectivity index (χ2v) is 6.84. The topological polar surface area (TPSA) is 84.4 Å². The molecule has 0 saturated carbocycles. The first kappa shape index (κ1) is 18.9. The van der Waals surface area contributed by atoms with E-state index in [0.29, 0.717) is 5.82 Å². The maximum Gasteiger partial charge on any atom is 0.573 e. The van der Waals surface area contributed by atoms with E-state index in [4.69, 9.17) is 0 Å². The molecule has 0 unspecified atom stereocenters. The van der Waals surface area contributed by atoms with Gasteiger partial charge >= 0.3 is 6.36 Å². The fraction of sp³-hybridized carbons (Fsp3) is 0.286. The lowest BCUT2D eigenvalue weighted by molar-refractivity contribution is -0.274. The lowest BCUT2D eigenvalue weighted by atomic mass is 10.3. The summed E-state index contributed by atoms with van der Waals surface area (Å²) in [5.41, 5.74) is 0. The molecular weight excluding hydrogens is 361 g/mol. The fourth-order valence-electron chi connectivity index (χ4n) is 1.79. The van der Waals surface area contributed by atoms with E-state index in [1.807, 2.05) is 0 Å². The minimum Gasteiger partial charge on any atom is -0.406 e. The van der Waals surface area contributed by atoms with Crippen LogP contribution < -0.4 is 14.4 Å². The first-order valence-corrected chi connectivity index (χ1v) is 8.40. The smallest absolute Gasteiger partial charge is 0.406 e. The molecule has 0 aliphatic heterocycles. The highest BCUT2D eigenvalue weighted by molar-refractivity contribution is 7.89. The van der Waals surface area contributed by atoms with Crippen molar-refractivity contribution < 1.29 is 26.3 Å². The molecule has 0 fully saturated rings. The third kappa shape index (κ3) is 5.57. The van der Waals surface area contributed by atoms with E-state index < -0.39 is 22.1 Å². The van der Waals surface area contributed by atoms with Gasteiger partial charge in [-0.3, -0.25) is 0 Å². The van der Waals surface area contributed by atoms with Crippen LogP contribution in [0.2, 0.25) is 0 Å². The van der Waals surface area contributed by atoms with E-state index in [9.17, 15) is 21.6 Å². The van der Waals surface area contributed by atoms with Crippen LogP contribution in [0.1, 0.15) is 5.82 Å². The number of halogens is 3. The Balaban J connectivity index is 2.07. The summed E-state index contributed by atoms with van der Waals surface area (Å²) in [6, 6.07) is 5.54. The van der Waals surface area contributed by atoms with Crippen LogP contribution in [0.3, 0.4) is 0 Å². The molecule has 2 aromatic rings. The highest BCUT2D eigenvalue weighted by Gasteiger charge is 2.31. The van der Waals surface area contributed by atoms with Crippen LogP contribution in [0, 0.1) is 0 Å². The second-order valence-electron chi connectivity index (χ2n) is 5.07. The molecule has 136 valence electrons. The highest BCUT2D eigenvalue weighted by Crippen LogP contribution is 2.23. The molecule has 1 N–H and O–H groups in total. The number of alkyl halides is 3. The maximum atomic E-state index is 12.2. The van der Waals surface area contributed by atoms with Crippen LogP contribution in [0.15, 0.2) is 41.4 Å². The Morgan fingerprint density at radius 1 is 1.16 bits per heavy atom. The number of nitrogens with one attached hydrogen (secondary N) is 1. The van der Waals surface area contributed by atoms with E-state index in [-0.39, 0.29) is 17.3 Å². The van der Waals surface area contributed by atoms with E-state index in [1.54, 1.807) is 25.1 Å². The van der Waals surface area contributed by atoms with Gasteiger partial charge in [-0.05, 0) is 30.3 Å². The minimum absolute atomic E-state index is 0.162. The van der Waals surface area contributed by atoms with Crippen molar-refractivity contribution in [1.29, 1.82) is 0 Å². The van der Waals surface area contributed by atoms with Crippen LogP contribution in [-0.2, 0) is 16.6 Å². The standard InChI is InChI=1S/C14H15F3N4O3S/c1-21(2)13-7-8-18-12(20-13)9-19-25(22,23)11-5-3-10(4-6-11)24-14(15,16)17/h3-8,19H,9H2,1-2H3. The Labute approximate surface area is 142 Å². The Morgan fingerprint density at radius 2 is 1.80 bits per heavy atom. The molecule has 0 amide bonds. The van der Waals surface area contributed by atoms with Gasteiger partial charge in [-0.2, -0.15) is 0 Å². The van der Waals surface area contributed by atoms with Crippen molar-refractivity contribution in [2.24, 2.45) is 0 Å². The monoisotopic (exact) mass is 376 g/mol. The van der Waals surface area contributed by atoms with E-state index in [0.717, 1.165) is 24.3 Å². The molecule has 0 aliphatic carbocycles. The van der Waals surface area contributed by atoms with Crippen molar-refractivity contribution in [3.05, 3.63) is 42.4 Å². The van der Waals surface area contributed by atoms with Crippen molar-refractivity contribution in [2.45, 2.75) is 17.8 Å². The van der Waals surface area contributed by atoms with Gasteiger partial charge in [-0.1, -0.05) is 0 Å². The molecule has 0 bridgehead atoms. The lowest BCUT2D eigenvalue weighted by Gasteiger charge is -2.12. The fourth-order valence-corrected chi connectivity index (χ4v) is 2.77. The molecule has 1 heterocycles. The number of benzene rings is 1. The van der Waals surface area contributed by atoms with Crippen LogP contribution in [-0.4, -0.2) is 38.8 Å². The molecule has 7 nitrogen and oxygen atoms in total. The number of rotatable bonds is 6. The maximum absolute atomic E-state index is 12.2. The summed E-state index contributed by atoms with van der Waals surface area (Å²) in [7, 11) is -0.375. The predicted molar refractivity (Wildman–Crippen MR) is 83.5 cm³/mol. The molecule has 25 heavy (non-hydrogen) atoms. The third-order valence-electron chi connectivity index (χ3n) is 2.94. The van der Waals surface area contributed by atoms with Crippen molar-refractivity contribution in [2.75, 3.05) is 19.0 Å². The number of sulfonamides is 1. The van der Waals surface area contributed by atoms with Crippen molar-refractivity contribution in [3.63, 3.8) is 0 Å². The third-order valence-corrected chi connectivity index (χ3v) is 4.35. The molecule has 0 aliphatic rings. The number of hydrogen-bond acceptors (Lipinski definition) is 6. The van der Waals surface area contributed by atoms with Gasteiger partial charge in [0.05, 0.1) is 11.4 Å². The van der Waals surface area contributed by atoms with Gasteiger partial charge in [0.1, 0.15) is 17.4 Å². The molecule has 1 aromatic carbocycles. The quantitative estimate of drug-likeness (QED) is 0.829. The average molecular weight is 376 g/mol. The van der Waals surface area contributed by atoms with Crippen LogP contribution in [0.25, 0.3) is 0 Å². The Kier molecular flexibility index (Phi) is 5.48. The van der Waals surface area contributed by atoms with Crippen LogP contribution in [0.4, 0.5) is 19.0 Å². The van der Waals surface area contributed by atoms with Gasteiger partial charge in [0.2, 0.25) is 10.0 Å². The zero-order chi connectivity index (χ0) is 18.7. The van der Waals surface area contributed by atoms with E-state index >= 15 is 0 Å². The Bertz CT molecular complexity index is 824. The molecule has 1 aromatic heterocycles. The summed E-state index contributed by atoms with van der Waals surface area (Å²) < 4.78 is 66.7. The van der Waals surface area contributed by atoms with Gasteiger partial charge in [-0.15, -0.1) is 13.2 Å². The molecule has 11 heteroatoms. The average Bonchev–Trinajstić information content (AvgIpc) is 2.52.